The van der Waals surface area contributed by atoms with Gasteiger partial charge in [0.05, 0.1) is 6.61 Å². The summed E-state index contributed by atoms with van der Waals surface area (Å²) in [6.07, 6.45) is 7.25. The second kappa shape index (κ2) is 9.06. The fourth-order valence-electron chi connectivity index (χ4n) is 6.48. The molecule has 2 amide bonds. The normalized spacial score (nSPS) is 23.2. The lowest BCUT2D eigenvalue weighted by Gasteiger charge is -2.49. The van der Waals surface area contributed by atoms with E-state index in [1.165, 1.54) is 12.8 Å². The second-order valence-corrected chi connectivity index (χ2v) is 10.1. The van der Waals surface area contributed by atoms with E-state index < -0.39 is 6.04 Å². The van der Waals surface area contributed by atoms with Gasteiger partial charge in [0, 0.05) is 34.6 Å². The Balaban J connectivity index is 1.48. The van der Waals surface area contributed by atoms with Crippen LogP contribution in [0, 0.1) is 0 Å². The van der Waals surface area contributed by atoms with Crippen molar-refractivity contribution >= 4 is 22.7 Å². The molecule has 35 heavy (non-hydrogen) atoms. The van der Waals surface area contributed by atoms with Crippen LogP contribution in [0.1, 0.15) is 68.3 Å². The van der Waals surface area contributed by atoms with Crippen LogP contribution in [0.25, 0.3) is 10.9 Å². The molecule has 2 aliphatic heterocycles. The summed E-state index contributed by atoms with van der Waals surface area (Å²) >= 11 is 0. The lowest BCUT2D eigenvalue weighted by Crippen LogP contribution is -2.64. The van der Waals surface area contributed by atoms with Crippen molar-refractivity contribution in [2.45, 2.75) is 70.0 Å². The molecule has 0 unspecified atom stereocenters. The standard InChI is InChI=1S/C29H33N3O3/c1-2-35-25-16-10-8-14-21(25)28-27-22(20-13-7-9-15-23(20)30-27)17-24-29(34)31(18-26(33)32(24)28)19-11-5-3-4-6-12-19/h7-10,13-16,19,24,28,30H,2-6,11-12,17-18H2,1H3/t24-,28-/m0/s1. The molecular formula is C29H33N3O3. The van der Waals surface area contributed by atoms with Gasteiger partial charge in [0.25, 0.3) is 0 Å². The van der Waals surface area contributed by atoms with E-state index in [0.29, 0.717) is 13.0 Å². The Kier molecular flexibility index (Phi) is 5.75. The van der Waals surface area contributed by atoms with Crippen molar-refractivity contribution in [1.29, 1.82) is 0 Å². The van der Waals surface area contributed by atoms with Crippen LogP contribution in [0.15, 0.2) is 48.5 Å². The number of hydrogen-bond acceptors (Lipinski definition) is 3. The number of rotatable bonds is 4. The molecule has 1 N–H and O–H groups in total. The summed E-state index contributed by atoms with van der Waals surface area (Å²) < 4.78 is 6.00. The number of aromatic amines is 1. The number of amides is 2. The average molecular weight is 472 g/mol. The summed E-state index contributed by atoms with van der Waals surface area (Å²) in [5.74, 6) is 0.891. The van der Waals surface area contributed by atoms with Gasteiger partial charge in [0.1, 0.15) is 24.4 Å². The average Bonchev–Trinajstić information content (AvgIpc) is 3.04. The van der Waals surface area contributed by atoms with Crippen LogP contribution < -0.4 is 4.74 Å². The Morgan fingerprint density at radius 1 is 0.971 bits per heavy atom. The van der Waals surface area contributed by atoms with Crippen LogP contribution in [0.4, 0.5) is 0 Å². The molecule has 6 heteroatoms. The van der Waals surface area contributed by atoms with Crippen molar-refractivity contribution in [2.24, 2.45) is 0 Å². The van der Waals surface area contributed by atoms with E-state index >= 15 is 0 Å². The molecular weight excluding hydrogens is 438 g/mol. The van der Waals surface area contributed by atoms with Crippen LogP contribution in [0.2, 0.25) is 0 Å². The van der Waals surface area contributed by atoms with Gasteiger partial charge >= 0.3 is 0 Å². The predicted molar refractivity (Wildman–Crippen MR) is 135 cm³/mol. The van der Waals surface area contributed by atoms with E-state index in [0.717, 1.165) is 59.2 Å². The summed E-state index contributed by atoms with van der Waals surface area (Å²) in [7, 11) is 0. The molecule has 2 aromatic carbocycles. The molecule has 6 rings (SSSR count). The number of benzene rings is 2. The molecule has 1 aromatic heterocycles. The van der Waals surface area contributed by atoms with Crippen LogP contribution >= 0.6 is 0 Å². The molecule has 3 heterocycles. The van der Waals surface area contributed by atoms with Crippen molar-refractivity contribution in [2.75, 3.05) is 13.2 Å². The minimum atomic E-state index is -0.495. The van der Waals surface area contributed by atoms with Gasteiger partial charge in [0.15, 0.2) is 0 Å². The lowest BCUT2D eigenvalue weighted by atomic mass is 9.85. The van der Waals surface area contributed by atoms with Crippen molar-refractivity contribution in [3.8, 4) is 5.75 Å². The van der Waals surface area contributed by atoms with Gasteiger partial charge in [-0.15, -0.1) is 0 Å². The second-order valence-electron chi connectivity index (χ2n) is 10.1. The highest BCUT2D eigenvalue weighted by molar-refractivity contribution is 5.98. The largest absolute Gasteiger partial charge is 0.494 e. The first-order valence-electron chi connectivity index (χ1n) is 13.1. The fourth-order valence-corrected chi connectivity index (χ4v) is 6.48. The maximum absolute atomic E-state index is 14.1. The summed E-state index contributed by atoms with van der Waals surface area (Å²) in [6.45, 7) is 2.67. The highest BCUT2D eigenvalue weighted by Gasteiger charge is 2.49. The minimum absolute atomic E-state index is 0.0273. The molecule has 6 nitrogen and oxygen atoms in total. The molecule has 0 radical (unpaired) electrons. The number of nitrogens with one attached hydrogen (secondary N) is 1. The van der Waals surface area contributed by atoms with Crippen molar-refractivity contribution in [1.82, 2.24) is 14.8 Å². The van der Waals surface area contributed by atoms with E-state index in [-0.39, 0.29) is 30.4 Å². The Morgan fingerprint density at radius 2 is 1.71 bits per heavy atom. The molecule has 0 spiro atoms. The fraction of sp³-hybridized carbons (Fsp3) is 0.448. The molecule has 182 valence electrons. The number of carbonyl (C=O) groups is 2. The topological polar surface area (TPSA) is 65.6 Å². The third-order valence-electron chi connectivity index (χ3n) is 8.07. The maximum Gasteiger partial charge on any atom is 0.246 e. The Hall–Kier alpha value is -3.28. The third-order valence-corrected chi connectivity index (χ3v) is 8.07. The third kappa shape index (κ3) is 3.70. The van der Waals surface area contributed by atoms with Crippen LogP contribution in [-0.2, 0) is 16.0 Å². The van der Waals surface area contributed by atoms with Crippen LogP contribution in [0.5, 0.6) is 5.75 Å². The first kappa shape index (κ1) is 22.2. The van der Waals surface area contributed by atoms with Crippen LogP contribution in [-0.4, -0.2) is 51.8 Å². The van der Waals surface area contributed by atoms with E-state index in [9.17, 15) is 9.59 Å². The molecule has 2 fully saturated rings. The quantitative estimate of drug-likeness (QED) is 0.546. The van der Waals surface area contributed by atoms with Gasteiger partial charge in [-0.3, -0.25) is 9.59 Å². The highest BCUT2D eigenvalue weighted by atomic mass is 16.5. The zero-order chi connectivity index (χ0) is 23.9. The Labute approximate surface area is 206 Å². The van der Waals surface area contributed by atoms with E-state index in [4.69, 9.17) is 4.74 Å². The molecule has 3 aromatic rings. The van der Waals surface area contributed by atoms with Crippen molar-refractivity contribution in [3.05, 3.63) is 65.4 Å². The molecule has 3 aliphatic rings. The molecule has 1 saturated carbocycles. The maximum atomic E-state index is 14.1. The minimum Gasteiger partial charge on any atom is -0.494 e. The molecule has 2 atom stereocenters. The van der Waals surface area contributed by atoms with E-state index in [1.807, 2.05) is 53.1 Å². The monoisotopic (exact) mass is 471 g/mol. The summed E-state index contributed by atoms with van der Waals surface area (Å²) in [5.41, 5.74) is 4.10. The number of nitrogens with zero attached hydrogens (tertiary/aromatic N) is 2. The van der Waals surface area contributed by atoms with Gasteiger partial charge in [-0.25, -0.2) is 0 Å². The first-order chi connectivity index (χ1) is 17.2. The number of H-pyrrole nitrogens is 1. The van der Waals surface area contributed by atoms with Crippen LogP contribution in [0.3, 0.4) is 0 Å². The smallest absolute Gasteiger partial charge is 0.246 e. The van der Waals surface area contributed by atoms with Gasteiger partial charge in [-0.05, 0) is 37.5 Å². The Morgan fingerprint density at radius 3 is 2.51 bits per heavy atom. The number of para-hydroxylation sites is 2. The molecule has 0 bridgehead atoms. The van der Waals surface area contributed by atoms with E-state index in [1.54, 1.807) is 0 Å². The number of ether oxygens (including phenoxy) is 1. The highest BCUT2D eigenvalue weighted by Crippen LogP contribution is 2.45. The summed E-state index contributed by atoms with van der Waals surface area (Å²) in [5, 5.41) is 1.13. The zero-order valence-corrected chi connectivity index (χ0v) is 20.3. The SMILES string of the molecule is CCOc1ccccc1[C@H]1c2[nH]c3ccccc3c2C[C@H]2C(=O)N(C3CCCCCC3)CC(=O)N12. The van der Waals surface area contributed by atoms with E-state index in [2.05, 4.69) is 17.1 Å². The zero-order valence-electron chi connectivity index (χ0n) is 20.3. The van der Waals surface area contributed by atoms with Gasteiger partial charge < -0.3 is 19.5 Å². The number of piperazine rings is 1. The number of hydrogen-bond donors (Lipinski definition) is 1. The molecule has 1 saturated heterocycles. The van der Waals surface area contributed by atoms with Gasteiger partial charge in [-0.2, -0.15) is 0 Å². The van der Waals surface area contributed by atoms with Gasteiger partial charge in [0.2, 0.25) is 11.8 Å². The molecule has 1 aliphatic carbocycles. The number of aromatic nitrogens is 1. The number of fused-ring (bicyclic) bond motifs is 4. The summed E-state index contributed by atoms with van der Waals surface area (Å²) in [4.78, 5) is 35.3. The predicted octanol–water partition coefficient (Wildman–Crippen LogP) is 4.97. The first-order valence-corrected chi connectivity index (χ1v) is 13.1. The number of carbonyl (C=O) groups excluding carboxylic acids is 2. The Bertz CT molecular complexity index is 1260. The lowest BCUT2D eigenvalue weighted by molar-refractivity contribution is -0.161. The summed E-state index contributed by atoms with van der Waals surface area (Å²) in [6, 6.07) is 15.5. The van der Waals surface area contributed by atoms with Crippen molar-refractivity contribution in [3.63, 3.8) is 0 Å². The van der Waals surface area contributed by atoms with Gasteiger partial charge in [-0.1, -0.05) is 62.1 Å². The van der Waals surface area contributed by atoms with Crippen molar-refractivity contribution < 1.29 is 14.3 Å².